The van der Waals surface area contributed by atoms with Gasteiger partial charge in [0.1, 0.15) is 0 Å². The first-order chi connectivity index (χ1) is 4.74. The molecule has 58 valence electrons. The molecular formula is C8H15NO. The highest BCUT2D eigenvalue weighted by Crippen LogP contribution is 2.18. The molecule has 0 aromatic carbocycles. The van der Waals surface area contributed by atoms with Crippen molar-refractivity contribution in [2.24, 2.45) is 5.92 Å². The molecule has 0 spiro atoms. The Morgan fingerprint density at radius 2 is 2.40 bits per heavy atom. The minimum absolute atomic E-state index is 0.310. The van der Waals surface area contributed by atoms with Crippen LogP contribution in [0.25, 0.3) is 0 Å². The minimum Gasteiger partial charge on any atom is -0.345 e. The summed E-state index contributed by atoms with van der Waals surface area (Å²) in [7, 11) is 1.89. The first-order valence-electron chi connectivity index (χ1n) is 3.98. The first-order valence-corrected chi connectivity index (χ1v) is 3.98. The lowest BCUT2D eigenvalue weighted by molar-refractivity contribution is -0.133. The second-order valence-electron chi connectivity index (χ2n) is 3.09. The lowest BCUT2D eigenvalue weighted by Gasteiger charge is -2.28. The molecule has 1 fully saturated rings. The van der Waals surface area contributed by atoms with Crippen LogP contribution in [0.4, 0.5) is 0 Å². The van der Waals surface area contributed by atoms with Crippen molar-refractivity contribution in [1.82, 2.24) is 4.90 Å². The summed E-state index contributed by atoms with van der Waals surface area (Å²) in [5.41, 5.74) is 0. The Morgan fingerprint density at radius 3 is 2.90 bits per heavy atom. The van der Waals surface area contributed by atoms with Gasteiger partial charge in [-0.1, -0.05) is 13.3 Å². The summed E-state index contributed by atoms with van der Waals surface area (Å²) in [6, 6.07) is 0. The number of likely N-dealkylation sites (tertiary alicyclic amines) is 1. The molecule has 0 bridgehead atoms. The number of carbonyl (C=O) groups is 1. The molecule has 1 heterocycles. The van der Waals surface area contributed by atoms with Gasteiger partial charge < -0.3 is 4.90 Å². The van der Waals surface area contributed by atoms with Crippen LogP contribution in [0.15, 0.2) is 0 Å². The van der Waals surface area contributed by atoms with Crippen LogP contribution in [0.2, 0.25) is 0 Å². The fourth-order valence-corrected chi connectivity index (χ4v) is 1.43. The highest BCUT2D eigenvalue weighted by Gasteiger charge is 2.20. The summed E-state index contributed by atoms with van der Waals surface area (Å²) in [6.07, 6.45) is 3.06. The van der Waals surface area contributed by atoms with Gasteiger partial charge in [-0.25, -0.2) is 0 Å². The maximum Gasteiger partial charge on any atom is 0.222 e. The monoisotopic (exact) mass is 141 g/mol. The molecule has 0 aromatic rings. The fourth-order valence-electron chi connectivity index (χ4n) is 1.43. The lowest BCUT2D eigenvalue weighted by Crippen LogP contribution is -2.36. The summed E-state index contributed by atoms with van der Waals surface area (Å²) >= 11 is 0. The zero-order valence-corrected chi connectivity index (χ0v) is 6.76. The normalized spacial score (nSPS) is 27.2. The zero-order chi connectivity index (χ0) is 7.56. The van der Waals surface area contributed by atoms with E-state index in [4.69, 9.17) is 0 Å². The zero-order valence-electron chi connectivity index (χ0n) is 6.76. The number of amides is 1. The molecule has 2 heteroatoms. The van der Waals surface area contributed by atoms with Crippen LogP contribution < -0.4 is 0 Å². The Bertz CT molecular complexity index is 133. The smallest absolute Gasteiger partial charge is 0.222 e. The molecule has 1 amide bonds. The SMILES string of the molecule is CC[C@H]1CCC(=O)N(C)C1. The second kappa shape index (κ2) is 3.04. The van der Waals surface area contributed by atoms with Crippen molar-refractivity contribution in [3.63, 3.8) is 0 Å². The maximum atomic E-state index is 11.0. The molecule has 0 radical (unpaired) electrons. The van der Waals surface area contributed by atoms with Crippen molar-refractivity contribution in [2.45, 2.75) is 26.2 Å². The first kappa shape index (κ1) is 7.58. The molecule has 1 aliphatic rings. The summed E-state index contributed by atoms with van der Waals surface area (Å²) in [6.45, 7) is 3.16. The molecule has 0 N–H and O–H groups in total. The van der Waals surface area contributed by atoms with Crippen molar-refractivity contribution in [2.75, 3.05) is 13.6 Å². The third-order valence-electron chi connectivity index (χ3n) is 2.30. The van der Waals surface area contributed by atoms with Gasteiger partial charge in [0.05, 0.1) is 0 Å². The van der Waals surface area contributed by atoms with Crippen molar-refractivity contribution < 1.29 is 4.79 Å². The van der Waals surface area contributed by atoms with E-state index in [0.29, 0.717) is 5.91 Å². The quantitative estimate of drug-likeness (QED) is 0.538. The number of hydrogen-bond acceptors (Lipinski definition) is 1. The van der Waals surface area contributed by atoms with Crippen molar-refractivity contribution in [1.29, 1.82) is 0 Å². The molecule has 1 aliphatic heterocycles. The molecule has 0 aromatic heterocycles. The fraction of sp³-hybridized carbons (Fsp3) is 0.875. The van der Waals surface area contributed by atoms with Crippen LogP contribution in [-0.4, -0.2) is 24.4 Å². The van der Waals surface area contributed by atoms with E-state index in [0.717, 1.165) is 25.3 Å². The summed E-state index contributed by atoms with van der Waals surface area (Å²) < 4.78 is 0. The Kier molecular flexibility index (Phi) is 2.30. The Hall–Kier alpha value is -0.530. The highest BCUT2D eigenvalue weighted by molar-refractivity contribution is 5.76. The number of nitrogens with zero attached hydrogens (tertiary/aromatic N) is 1. The average molecular weight is 141 g/mol. The molecule has 2 nitrogen and oxygen atoms in total. The molecule has 10 heavy (non-hydrogen) atoms. The highest BCUT2D eigenvalue weighted by atomic mass is 16.2. The van der Waals surface area contributed by atoms with Crippen molar-refractivity contribution >= 4 is 5.91 Å². The summed E-state index contributed by atoms with van der Waals surface area (Å²) in [5, 5.41) is 0. The van der Waals surface area contributed by atoms with E-state index in [-0.39, 0.29) is 0 Å². The Labute approximate surface area is 62.2 Å². The third-order valence-corrected chi connectivity index (χ3v) is 2.30. The van der Waals surface area contributed by atoms with Gasteiger partial charge in [-0.2, -0.15) is 0 Å². The number of piperidine rings is 1. The van der Waals surface area contributed by atoms with Gasteiger partial charge in [-0.3, -0.25) is 4.79 Å². The van der Waals surface area contributed by atoms with E-state index < -0.39 is 0 Å². The van der Waals surface area contributed by atoms with E-state index in [1.807, 2.05) is 11.9 Å². The minimum atomic E-state index is 0.310. The lowest BCUT2D eigenvalue weighted by atomic mass is 9.96. The van der Waals surface area contributed by atoms with Crippen LogP contribution in [0, 0.1) is 5.92 Å². The van der Waals surface area contributed by atoms with Gasteiger partial charge in [0.25, 0.3) is 0 Å². The van der Waals surface area contributed by atoms with Gasteiger partial charge in [-0.05, 0) is 12.3 Å². The van der Waals surface area contributed by atoms with Crippen LogP contribution >= 0.6 is 0 Å². The van der Waals surface area contributed by atoms with Gasteiger partial charge in [0.15, 0.2) is 0 Å². The Balaban J connectivity index is 2.40. The summed E-state index contributed by atoms with van der Waals surface area (Å²) in [5.74, 6) is 1.06. The predicted molar refractivity (Wildman–Crippen MR) is 40.7 cm³/mol. The van der Waals surface area contributed by atoms with Gasteiger partial charge in [0, 0.05) is 20.0 Å². The Morgan fingerprint density at radius 1 is 1.70 bits per heavy atom. The molecule has 0 unspecified atom stereocenters. The van der Waals surface area contributed by atoms with Gasteiger partial charge in [-0.15, -0.1) is 0 Å². The van der Waals surface area contributed by atoms with E-state index >= 15 is 0 Å². The van der Waals surface area contributed by atoms with E-state index in [2.05, 4.69) is 6.92 Å². The number of hydrogen-bond donors (Lipinski definition) is 0. The maximum absolute atomic E-state index is 11.0. The van der Waals surface area contributed by atoms with Crippen molar-refractivity contribution in [3.8, 4) is 0 Å². The number of carbonyl (C=O) groups excluding carboxylic acids is 1. The third kappa shape index (κ3) is 1.49. The van der Waals surface area contributed by atoms with E-state index in [9.17, 15) is 4.79 Å². The van der Waals surface area contributed by atoms with E-state index in [1.165, 1.54) is 6.42 Å². The molecule has 0 saturated carbocycles. The van der Waals surface area contributed by atoms with E-state index in [1.54, 1.807) is 0 Å². The average Bonchev–Trinajstić information content (AvgIpc) is 1.95. The molecule has 1 rings (SSSR count). The molecule has 1 saturated heterocycles. The largest absolute Gasteiger partial charge is 0.345 e. The molecule has 1 atom stereocenters. The standard InChI is InChI=1S/C8H15NO/c1-3-7-4-5-8(10)9(2)6-7/h7H,3-6H2,1-2H3/t7-/m0/s1. The second-order valence-corrected chi connectivity index (χ2v) is 3.09. The molecular weight excluding hydrogens is 126 g/mol. The van der Waals surface area contributed by atoms with Crippen molar-refractivity contribution in [3.05, 3.63) is 0 Å². The van der Waals surface area contributed by atoms with Crippen LogP contribution in [-0.2, 0) is 4.79 Å². The number of rotatable bonds is 1. The van der Waals surface area contributed by atoms with Gasteiger partial charge in [0.2, 0.25) is 5.91 Å². The summed E-state index contributed by atoms with van der Waals surface area (Å²) in [4.78, 5) is 12.8. The molecule has 0 aliphatic carbocycles. The van der Waals surface area contributed by atoms with Crippen LogP contribution in [0.5, 0.6) is 0 Å². The topological polar surface area (TPSA) is 20.3 Å². The predicted octanol–water partition coefficient (Wildman–Crippen LogP) is 1.26. The van der Waals surface area contributed by atoms with Gasteiger partial charge >= 0.3 is 0 Å². The van der Waals surface area contributed by atoms with Crippen LogP contribution in [0.1, 0.15) is 26.2 Å². The van der Waals surface area contributed by atoms with Crippen LogP contribution in [0.3, 0.4) is 0 Å².